The maximum atomic E-state index is 13.9. The second-order valence-electron chi connectivity index (χ2n) is 21.1. The first-order valence-corrected chi connectivity index (χ1v) is 27.9. The molecule has 8 rings (SSSR count). The first-order chi connectivity index (χ1) is 40.7. The van der Waals surface area contributed by atoms with Gasteiger partial charge in [0.25, 0.3) is 35.4 Å². The van der Waals surface area contributed by atoms with Gasteiger partial charge >= 0.3 is 6.03 Å². The summed E-state index contributed by atoms with van der Waals surface area (Å²) in [7, 11) is 0. The number of hydrogen-bond acceptors (Lipinski definition) is 16. The largest absolute Gasteiger partial charge is 0.398 e. The van der Waals surface area contributed by atoms with E-state index in [0.717, 1.165) is 14.7 Å². The predicted octanol–water partition coefficient (Wildman–Crippen LogP) is 2.85. The predicted molar refractivity (Wildman–Crippen MR) is 312 cm³/mol. The van der Waals surface area contributed by atoms with Crippen LogP contribution >= 0.6 is 0 Å². The van der Waals surface area contributed by atoms with Crippen LogP contribution < -0.4 is 43.8 Å². The number of amides is 12. The Morgan fingerprint density at radius 2 is 1.18 bits per heavy atom. The number of hydrogen-bond donors (Lipinski definition) is 9. The molecular formula is C60H68N12O13. The third-order valence-electron chi connectivity index (χ3n) is 14.9. The lowest BCUT2D eigenvalue weighted by molar-refractivity contribution is -0.200. The summed E-state index contributed by atoms with van der Waals surface area (Å²) in [5, 5.41) is 27.1. The van der Waals surface area contributed by atoms with Gasteiger partial charge in [-0.2, -0.15) is 0 Å². The van der Waals surface area contributed by atoms with Gasteiger partial charge in [-0.25, -0.2) is 4.79 Å². The summed E-state index contributed by atoms with van der Waals surface area (Å²) >= 11 is 0. The molecule has 3 atom stereocenters. The van der Waals surface area contributed by atoms with E-state index in [0.29, 0.717) is 63.4 Å². The Morgan fingerprint density at radius 3 is 1.76 bits per heavy atom. The lowest BCUT2D eigenvalue weighted by Crippen LogP contribution is -2.54. The van der Waals surface area contributed by atoms with E-state index in [4.69, 9.17) is 21.9 Å². The Labute approximate surface area is 488 Å². The molecular weight excluding hydrogens is 1100 g/mol. The van der Waals surface area contributed by atoms with Crippen molar-refractivity contribution in [2.24, 2.45) is 11.7 Å². The van der Waals surface area contributed by atoms with Crippen LogP contribution in [0.4, 0.5) is 21.9 Å². The van der Waals surface area contributed by atoms with Gasteiger partial charge in [-0.3, -0.25) is 67.5 Å². The number of urea groups is 1. The fraction of sp³-hybridized carbons (Fsp3) is 0.350. The van der Waals surface area contributed by atoms with E-state index in [1.165, 1.54) is 23.1 Å². The second kappa shape index (κ2) is 27.7. The monoisotopic (exact) mass is 1160 g/mol. The highest BCUT2D eigenvalue weighted by Crippen LogP contribution is 2.35. The fourth-order valence-electron chi connectivity index (χ4n) is 10.4. The molecule has 2 unspecified atom stereocenters. The van der Waals surface area contributed by atoms with Crippen LogP contribution in [-0.4, -0.2) is 154 Å². The number of unbranched alkanes of at least 4 members (excludes halogenated alkanes) is 2. The average Bonchev–Trinajstić information content (AvgIpc) is 3.64. The minimum absolute atomic E-state index is 0.0201. The summed E-state index contributed by atoms with van der Waals surface area (Å²) < 4.78 is 5.94. The Balaban J connectivity index is 0.873. The summed E-state index contributed by atoms with van der Waals surface area (Å²) in [5.41, 5.74) is 20.3. The molecule has 85 heavy (non-hydrogen) atoms. The fourth-order valence-corrected chi connectivity index (χ4v) is 10.4. The minimum atomic E-state index is -1.63. The quantitative estimate of drug-likeness (QED) is 0.0144. The van der Waals surface area contributed by atoms with Crippen molar-refractivity contribution in [3.8, 4) is 0 Å². The second-order valence-corrected chi connectivity index (χ2v) is 21.1. The van der Waals surface area contributed by atoms with Gasteiger partial charge in [0, 0.05) is 119 Å². The lowest BCUT2D eigenvalue weighted by atomic mass is 9.93. The van der Waals surface area contributed by atoms with Crippen molar-refractivity contribution in [1.29, 1.82) is 0 Å². The molecule has 5 aromatic carbocycles. The van der Waals surface area contributed by atoms with Gasteiger partial charge in [0.2, 0.25) is 30.0 Å². The molecule has 446 valence electrons. The van der Waals surface area contributed by atoms with Gasteiger partial charge in [-0.05, 0) is 92.1 Å². The van der Waals surface area contributed by atoms with Crippen LogP contribution in [0.15, 0.2) is 97.1 Å². The zero-order valence-corrected chi connectivity index (χ0v) is 47.0. The minimum Gasteiger partial charge on any atom is -0.398 e. The highest BCUT2D eigenvalue weighted by molar-refractivity contribution is 6.28. The molecule has 25 nitrogen and oxygen atoms in total. The molecule has 3 heterocycles. The molecule has 12 amide bonds. The molecule has 0 fully saturated rings. The molecule has 0 spiro atoms. The molecule has 12 N–H and O–H groups in total. The van der Waals surface area contributed by atoms with E-state index in [2.05, 4.69) is 26.6 Å². The van der Waals surface area contributed by atoms with Gasteiger partial charge in [-0.1, -0.05) is 56.7 Å². The van der Waals surface area contributed by atoms with Gasteiger partial charge in [0.15, 0.2) is 0 Å². The summed E-state index contributed by atoms with van der Waals surface area (Å²) in [5.74, 6) is -5.79. The van der Waals surface area contributed by atoms with Gasteiger partial charge < -0.3 is 53.6 Å². The van der Waals surface area contributed by atoms with Crippen molar-refractivity contribution in [3.05, 3.63) is 125 Å². The number of anilines is 3. The molecule has 3 aliphatic heterocycles. The van der Waals surface area contributed by atoms with Crippen LogP contribution in [0.1, 0.15) is 106 Å². The van der Waals surface area contributed by atoms with Crippen LogP contribution in [0.5, 0.6) is 0 Å². The van der Waals surface area contributed by atoms with E-state index in [9.17, 15) is 57.8 Å². The van der Waals surface area contributed by atoms with E-state index >= 15 is 0 Å². The number of nitrogens with two attached hydrogens (primary N) is 3. The highest BCUT2D eigenvalue weighted by Gasteiger charge is 2.36. The molecule has 3 aliphatic rings. The molecule has 0 saturated heterocycles. The Bertz CT molecular complexity index is 3430. The smallest absolute Gasteiger partial charge is 0.312 e. The molecule has 5 aromatic rings. The molecule has 25 heteroatoms. The van der Waals surface area contributed by atoms with Gasteiger partial charge in [0.1, 0.15) is 18.6 Å². The number of carbonyl (C=O) groups is 11. The average molecular weight is 1170 g/mol. The SMILES string of the molecule is CC(C)C(NC(=O)CCCCCN1C(=O)C=CC1=O)C(=O)N[C@@H](CCCNC(N)=O)C(=O)Nc1ccc(COC(O)N(CCCNC(=O)CN2C(=O)c3cccc4c(N)ccc(c34)C2=O)CCN2C(=O)c3cccc4c(N)ccc(c34)C2=O)cc1. The van der Waals surface area contributed by atoms with Gasteiger partial charge in [-0.15, -0.1) is 0 Å². The summed E-state index contributed by atoms with van der Waals surface area (Å²) in [4.78, 5) is 148. The molecule has 0 saturated carbocycles. The first kappa shape index (κ1) is 61.5. The molecule has 0 aliphatic carbocycles. The molecule has 0 bridgehead atoms. The van der Waals surface area contributed by atoms with Crippen molar-refractivity contribution in [2.75, 3.05) is 62.6 Å². The van der Waals surface area contributed by atoms with E-state index < -0.39 is 78.3 Å². The summed E-state index contributed by atoms with van der Waals surface area (Å²) in [6, 6.07) is 19.7. The first-order valence-electron chi connectivity index (χ1n) is 27.9. The number of aliphatic hydroxyl groups excluding tert-OH is 1. The number of imide groups is 3. The number of ether oxygens (including phenoxy) is 1. The van der Waals surface area contributed by atoms with E-state index in [1.807, 2.05) is 0 Å². The maximum absolute atomic E-state index is 13.9. The van der Waals surface area contributed by atoms with E-state index in [1.54, 1.807) is 92.7 Å². The Morgan fingerprint density at radius 1 is 0.600 bits per heavy atom. The normalized spacial score (nSPS) is 14.8. The number of nitrogens with zero attached hydrogens (tertiary/aromatic N) is 4. The van der Waals surface area contributed by atoms with Crippen LogP contribution in [0.2, 0.25) is 0 Å². The number of rotatable bonds is 29. The number of primary amides is 1. The van der Waals surface area contributed by atoms with Crippen LogP contribution in [0.3, 0.4) is 0 Å². The Hall–Kier alpha value is -9.59. The zero-order valence-electron chi connectivity index (χ0n) is 47.0. The number of carbonyl (C=O) groups excluding carboxylic acids is 11. The zero-order chi connectivity index (χ0) is 61.1. The number of nitrogen functional groups attached to an aromatic ring is 2. The summed E-state index contributed by atoms with van der Waals surface area (Å²) in [6.45, 7) is 2.88. The number of aliphatic hydroxyl groups is 1. The maximum Gasteiger partial charge on any atom is 0.312 e. The molecule has 0 aromatic heterocycles. The van der Waals surface area contributed by atoms with Crippen LogP contribution in [-0.2, 0) is 40.1 Å². The van der Waals surface area contributed by atoms with Crippen molar-refractivity contribution in [3.63, 3.8) is 0 Å². The number of benzene rings is 5. The lowest BCUT2D eigenvalue weighted by Gasteiger charge is -2.32. The van der Waals surface area contributed by atoms with Crippen molar-refractivity contribution >= 4 is 104 Å². The van der Waals surface area contributed by atoms with Crippen molar-refractivity contribution in [2.45, 2.75) is 83.9 Å². The Kier molecular flexibility index (Phi) is 20.0. The number of nitrogens with one attached hydrogen (secondary N) is 5. The third-order valence-corrected chi connectivity index (χ3v) is 14.9. The van der Waals surface area contributed by atoms with Crippen molar-refractivity contribution < 1.29 is 62.6 Å². The van der Waals surface area contributed by atoms with Gasteiger partial charge in [0.05, 0.1) is 6.61 Å². The highest BCUT2D eigenvalue weighted by atomic mass is 16.6. The topological polar surface area (TPSA) is 368 Å². The van der Waals surface area contributed by atoms with Crippen molar-refractivity contribution in [1.82, 2.24) is 40.9 Å². The van der Waals surface area contributed by atoms with Crippen LogP contribution in [0, 0.1) is 5.92 Å². The standard InChI is InChI=1S/C60H68N12O13/c1-34(2)52(68-46(73)15-4-3-5-29-70-48(75)24-25-49(70)76)54(78)67-45(14-8-26-65-59(63)83)53(77)66-36-18-16-35(17-19-36)33-85-60(84)69(30-31-71-55(79)39-12-6-10-37-43(61)22-20-41(50(37)39)56(71)80)28-9-27-64-47(74)32-72-57(81)40-13-7-11-38-44(62)23-21-42(51(38)40)58(72)82/h6-7,10-13,16-25,34,45,52,60,84H,3-5,8-9,14-15,26-33,61-62H2,1-2H3,(H,64,74)(H,66,77)(H,67,78)(H,68,73)(H3,63,65,83)/t45-,52?,60?/m0/s1. The molecule has 0 radical (unpaired) electrons. The van der Waals surface area contributed by atoms with Crippen LogP contribution in [0.25, 0.3) is 21.5 Å². The van der Waals surface area contributed by atoms with E-state index in [-0.39, 0.29) is 112 Å². The summed E-state index contributed by atoms with van der Waals surface area (Å²) in [6.07, 6.45) is 2.86. The third kappa shape index (κ3) is 14.6.